The molecule has 0 aliphatic carbocycles. The summed E-state index contributed by atoms with van der Waals surface area (Å²) >= 11 is 1.90. The van der Waals surface area contributed by atoms with E-state index in [1.165, 1.54) is 86.3 Å². The molecule has 0 saturated heterocycles. The van der Waals surface area contributed by atoms with Crippen LogP contribution in [0.5, 0.6) is 0 Å². The summed E-state index contributed by atoms with van der Waals surface area (Å²) in [7, 11) is 0. The second kappa shape index (κ2) is 9.43. The Kier molecular flexibility index (Phi) is 5.19. The van der Waals surface area contributed by atoms with E-state index in [1.54, 1.807) is 0 Å². The Labute approximate surface area is 263 Å². The first-order valence-electron chi connectivity index (χ1n) is 15.4. The standard InChI is InChI=1S/C42H26N2S/c1-2-11-27(12-3-1)28-13-10-14-29(25-28)43-36-18-7-4-15-31(36)35-26-30(21-23-38(35)43)44-37-19-8-5-17-34(37)41-39(44)24-22-33-32-16-6-9-20-40(32)45-42(33)41/h1-26H. The van der Waals surface area contributed by atoms with E-state index in [9.17, 15) is 0 Å². The van der Waals surface area contributed by atoms with E-state index < -0.39 is 0 Å². The van der Waals surface area contributed by atoms with E-state index in [-0.39, 0.29) is 0 Å². The third-order valence-corrected chi connectivity index (χ3v) is 10.5. The fourth-order valence-electron chi connectivity index (χ4n) is 7.35. The Morgan fingerprint density at radius 1 is 0.356 bits per heavy atom. The van der Waals surface area contributed by atoms with E-state index in [0.29, 0.717) is 0 Å². The molecule has 3 heteroatoms. The Morgan fingerprint density at radius 3 is 1.84 bits per heavy atom. The van der Waals surface area contributed by atoms with Crippen molar-refractivity contribution in [3.8, 4) is 22.5 Å². The molecule has 0 aliphatic heterocycles. The lowest BCUT2D eigenvalue weighted by Crippen LogP contribution is -1.96. The number of hydrogen-bond acceptors (Lipinski definition) is 1. The van der Waals surface area contributed by atoms with Crippen LogP contribution in [-0.4, -0.2) is 9.13 Å². The zero-order valence-electron chi connectivity index (χ0n) is 24.3. The van der Waals surface area contributed by atoms with Gasteiger partial charge in [-0.2, -0.15) is 0 Å². The highest BCUT2D eigenvalue weighted by molar-refractivity contribution is 7.26. The molecule has 0 bridgehead atoms. The Hall–Kier alpha value is -5.64. The first-order valence-corrected chi connectivity index (χ1v) is 16.2. The number of aromatic nitrogens is 2. The summed E-state index contributed by atoms with van der Waals surface area (Å²) in [5.74, 6) is 0. The average Bonchev–Trinajstić information content (AvgIpc) is 3.76. The van der Waals surface area contributed by atoms with E-state index in [2.05, 4.69) is 167 Å². The number of hydrogen-bond donors (Lipinski definition) is 0. The van der Waals surface area contributed by atoms with Crippen LogP contribution < -0.4 is 0 Å². The first-order chi connectivity index (χ1) is 22.3. The zero-order chi connectivity index (χ0) is 29.5. The molecule has 0 spiro atoms. The van der Waals surface area contributed by atoms with Crippen LogP contribution in [-0.2, 0) is 0 Å². The lowest BCUT2D eigenvalue weighted by molar-refractivity contribution is 1.17. The maximum atomic E-state index is 2.45. The van der Waals surface area contributed by atoms with Gasteiger partial charge in [-0.05, 0) is 65.7 Å². The lowest BCUT2D eigenvalue weighted by atomic mass is 10.1. The van der Waals surface area contributed by atoms with Gasteiger partial charge in [0.05, 0.1) is 22.1 Å². The largest absolute Gasteiger partial charge is 0.309 e. The molecule has 3 heterocycles. The number of para-hydroxylation sites is 2. The smallest absolute Gasteiger partial charge is 0.0555 e. The lowest BCUT2D eigenvalue weighted by Gasteiger charge is -2.11. The average molecular weight is 591 g/mol. The van der Waals surface area contributed by atoms with Gasteiger partial charge in [0.15, 0.2) is 0 Å². The van der Waals surface area contributed by atoms with Gasteiger partial charge in [0.1, 0.15) is 0 Å². The van der Waals surface area contributed by atoms with Crippen molar-refractivity contribution in [2.45, 2.75) is 0 Å². The first kappa shape index (κ1) is 24.8. The van der Waals surface area contributed by atoms with Crippen LogP contribution in [0, 0.1) is 0 Å². The topological polar surface area (TPSA) is 9.86 Å². The maximum absolute atomic E-state index is 2.45. The molecule has 10 aromatic rings. The molecule has 0 atom stereocenters. The van der Waals surface area contributed by atoms with Gasteiger partial charge in [0.25, 0.3) is 0 Å². The third-order valence-electron chi connectivity index (χ3n) is 9.31. The second-order valence-electron chi connectivity index (χ2n) is 11.8. The number of nitrogens with zero attached hydrogens (tertiary/aromatic N) is 2. The molecule has 7 aromatic carbocycles. The highest BCUT2D eigenvalue weighted by Gasteiger charge is 2.19. The molecule has 2 nitrogen and oxygen atoms in total. The summed E-state index contributed by atoms with van der Waals surface area (Å²) in [6, 6.07) is 57.5. The van der Waals surface area contributed by atoms with E-state index in [4.69, 9.17) is 0 Å². The zero-order valence-corrected chi connectivity index (χ0v) is 25.1. The van der Waals surface area contributed by atoms with Crippen LogP contribution in [0.15, 0.2) is 158 Å². The normalized spacial score (nSPS) is 12.0. The monoisotopic (exact) mass is 590 g/mol. The minimum absolute atomic E-state index is 1.17. The van der Waals surface area contributed by atoms with Crippen LogP contribution in [0.4, 0.5) is 0 Å². The van der Waals surface area contributed by atoms with Crippen molar-refractivity contribution in [1.82, 2.24) is 9.13 Å². The highest BCUT2D eigenvalue weighted by Crippen LogP contribution is 2.44. The Morgan fingerprint density at radius 2 is 0.978 bits per heavy atom. The van der Waals surface area contributed by atoms with Crippen molar-refractivity contribution in [3.63, 3.8) is 0 Å². The Bertz CT molecular complexity index is 2760. The molecule has 3 aromatic heterocycles. The SMILES string of the molecule is c1ccc(-c2cccc(-n3c4ccccc4c4cc(-n5c6ccccc6c6c7sc8ccccc8c7ccc65)ccc43)c2)cc1. The molecule has 0 amide bonds. The van der Waals surface area contributed by atoms with Crippen LogP contribution >= 0.6 is 11.3 Å². The van der Waals surface area contributed by atoms with Gasteiger partial charge in [-0.3, -0.25) is 0 Å². The van der Waals surface area contributed by atoms with Gasteiger partial charge >= 0.3 is 0 Å². The molecule has 0 fully saturated rings. The van der Waals surface area contributed by atoms with Crippen molar-refractivity contribution in [2.75, 3.05) is 0 Å². The highest BCUT2D eigenvalue weighted by atomic mass is 32.1. The number of rotatable bonds is 3. The van der Waals surface area contributed by atoms with Gasteiger partial charge in [-0.1, -0.05) is 103 Å². The predicted octanol–water partition coefficient (Wildman–Crippen LogP) is 11.9. The fraction of sp³-hybridized carbons (Fsp3) is 0. The van der Waals surface area contributed by atoms with Gasteiger partial charge in [-0.25, -0.2) is 0 Å². The van der Waals surface area contributed by atoms with E-state index >= 15 is 0 Å². The summed E-state index contributed by atoms with van der Waals surface area (Å²) in [6.07, 6.45) is 0. The molecule has 0 saturated carbocycles. The molecule has 0 unspecified atom stereocenters. The summed E-state index contributed by atoms with van der Waals surface area (Å²) in [6.45, 7) is 0. The molecule has 210 valence electrons. The summed E-state index contributed by atoms with van der Waals surface area (Å²) in [4.78, 5) is 0. The van der Waals surface area contributed by atoms with E-state index in [0.717, 1.165) is 0 Å². The van der Waals surface area contributed by atoms with Crippen molar-refractivity contribution in [1.29, 1.82) is 0 Å². The summed E-state index contributed by atoms with van der Waals surface area (Å²) < 4.78 is 7.56. The van der Waals surface area contributed by atoms with Gasteiger partial charge in [0.2, 0.25) is 0 Å². The molecule has 0 aliphatic rings. The molecular weight excluding hydrogens is 565 g/mol. The fourth-order valence-corrected chi connectivity index (χ4v) is 8.61. The molecule has 0 N–H and O–H groups in total. The minimum Gasteiger partial charge on any atom is -0.309 e. The van der Waals surface area contributed by atoms with Crippen LogP contribution in [0.2, 0.25) is 0 Å². The molecular formula is C42H26N2S. The van der Waals surface area contributed by atoms with Gasteiger partial charge in [0, 0.05) is 53.1 Å². The molecule has 10 rings (SSSR count). The summed E-state index contributed by atoms with van der Waals surface area (Å²) in [5.41, 5.74) is 9.68. The van der Waals surface area contributed by atoms with Gasteiger partial charge < -0.3 is 9.13 Å². The van der Waals surface area contributed by atoms with Crippen molar-refractivity contribution < 1.29 is 0 Å². The Balaban J connectivity index is 1.24. The number of thiophene rings is 1. The number of fused-ring (bicyclic) bond motifs is 10. The van der Waals surface area contributed by atoms with Crippen molar-refractivity contribution in [2.24, 2.45) is 0 Å². The number of benzene rings is 7. The van der Waals surface area contributed by atoms with E-state index in [1.807, 2.05) is 11.3 Å². The van der Waals surface area contributed by atoms with Crippen LogP contribution in [0.3, 0.4) is 0 Å². The molecule has 45 heavy (non-hydrogen) atoms. The maximum Gasteiger partial charge on any atom is 0.0555 e. The van der Waals surface area contributed by atoms with Gasteiger partial charge in [-0.15, -0.1) is 11.3 Å². The van der Waals surface area contributed by atoms with Crippen LogP contribution in [0.1, 0.15) is 0 Å². The molecule has 0 radical (unpaired) electrons. The van der Waals surface area contributed by atoms with Crippen molar-refractivity contribution in [3.05, 3.63) is 158 Å². The second-order valence-corrected chi connectivity index (χ2v) is 12.8. The minimum atomic E-state index is 1.17. The summed E-state index contributed by atoms with van der Waals surface area (Å²) in [5, 5.41) is 7.81. The van der Waals surface area contributed by atoms with Crippen molar-refractivity contribution >= 4 is 75.1 Å². The quantitative estimate of drug-likeness (QED) is 0.194. The third kappa shape index (κ3) is 3.56. The van der Waals surface area contributed by atoms with Crippen LogP contribution in [0.25, 0.3) is 86.3 Å². The predicted molar refractivity (Wildman–Crippen MR) is 193 cm³/mol.